The van der Waals surface area contributed by atoms with Crippen molar-refractivity contribution >= 4 is 29.8 Å². The first-order valence-corrected chi connectivity index (χ1v) is 21.4. The van der Waals surface area contributed by atoms with Crippen LogP contribution in [0.1, 0.15) is 113 Å². The summed E-state index contributed by atoms with van der Waals surface area (Å²) in [5, 5.41) is 12.2. The molecular formula is C47H59N5O7. The molecule has 4 amide bonds. The van der Waals surface area contributed by atoms with E-state index in [4.69, 9.17) is 9.47 Å². The lowest BCUT2D eigenvalue weighted by Crippen LogP contribution is -2.58. The van der Waals surface area contributed by atoms with Crippen LogP contribution in [0.5, 0.6) is 0 Å². The lowest BCUT2D eigenvalue weighted by atomic mass is 9.83. The minimum Gasteiger partial charge on any atom is -0.459 e. The molecule has 2 fully saturated rings. The Labute approximate surface area is 347 Å². The van der Waals surface area contributed by atoms with E-state index in [9.17, 15) is 24.0 Å². The molecular weight excluding hydrogens is 747 g/mol. The van der Waals surface area contributed by atoms with Crippen LogP contribution < -0.4 is 21.3 Å². The molecule has 3 aliphatic carbocycles. The van der Waals surface area contributed by atoms with Gasteiger partial charge in [0.2, 0.25) is 17.7 Å². The van der Waals surface area contributed by atoms with Gasteiger partial charge in [-0.3, -0.25) is 24.5 Å². The zero-order valence-electron chi connectivity index (χ0n) is 34.8. The van der Waals surface area contributed by atoms with Gasteiger partial charge in [-0.05, 0) is 106 Å². The molecule has 0 spiro atoms. The van der Waals surface area contributed by atoms with Crippen LogP contribution in [0, 0.1) is 5.92 Å². The Kier molecular flexibility index (Phi) is 13.0. The zero-order valence-corrected chi connectivity index (χ0v) is 34.8. The smallest absolute Gasteiger partial charge is 0.407 e. The molecule has 0 aromatic heterocycles. The molecule has 0 radical (unpaired) electrons. The molecule has 314 valence electrons. The van der Waals surface area contributed by atoms with Crippen molar-refractivity contribution in [3.8, 4) is 11.1 Å². The summed E-state index contributed by atoms with van der Waals surface area (Å²) in [6, 6.07) is 21.1. The number of carbonyl (C=O) groups excluding carboxylic acids is 5. The van der Waals surface area contributed by atoms with Gasteiger partial charge in [-0.15, -0.1) is 0 Å². The van der Waals surface area contributed by atoms with Crippen LogP contribution >= 0.6 is 0 Å². The van der Waals surface area contributed by atoms with Crippen LogP contribution in [0.4, 0.5) is 4.79 Å². The number of amides is 4. The highest BCUT2D eigenvalue weighted by Crippen LogP contribution is 2.44. The topological polar surface area (TPSA) is 155 Å². The SMILES string of the molecule is C[C@H](NCC(=O)OC(C)(C)C)C(=O)N[C@H](C(=O)N1C[C@@H](NC(=O)OCC2c3ccccc3-c3ccccc32)C[C@H]1C(=O)N[C@@H]1CCCc2ccccc21)C1CCCCC1. The molecule has 0 unspecified atom stereocenters. The predicted octanol–water partition coefficient (Wildman–Crippen LogP) is 6.07. The van der Waals surface area contributed by atoms with Gasteiger partial charge in [0.1, 0.15) is 24.3 Å². The Morgan fingerprint density at radius 3 is 2.12 bits per heavy atom. The molecule has 3 aromatic carbocycles. The molecule has 1 saturated carbocycles. The summed E-state index contributed by atoms with van der Waals surface area (Å²) in [4.78, 5) is 70.5. The fraction of sp³-hybridized carbons (Fsp3) is 0.511. The van der Waals surface area contributed by atoms with Gasteiger partial charge in [-0.25, -0.2) is 4.79 Å². The van der Waals surface area contributed by atoms with E-state index in [1.54, 1.807) is 32.6 Å². The van der Waals surface area contributed by atoms with Gasteiger partial charge in [0.05, 0.1) is 24.7 Å². The van der Waals surface area contributed by atoms with Gasteiger partial charge in [0.15, 0.2) is 0 Å². The Hall–Kier alpha value is -5.23. The van der Waals surface area contributed by atoms with Crippen molar-refractivity contribution in [1.29, 1.82) is 0 Å². The van der Waals surface area contributed by atoms with E-state index in [1.807, 2.05) is 42.5 Å². The third-order valence-corrected chi connectivity index (χ3v) is 12.3. The molecule has 4 N–H and O–H groups in total. The summed E-state index contributed by atoms with van der Waals surface area (Å²) < 4.78 is 11.3. The number of benzene rings is 3. The Morgan fingerprint density at radius 1 is 0.797 bits per heavy atom. The zero-order chi connectivity index (χ0) is 41.7. The number of nitrogens with zero attached hydrogens (tertiary/aromatic N) is 1. The maximum atomic E-state index is 14.9. The first-order valence-electron chi connectivity index (χ1n) is 21.4. The summed E-state index contributed by atoms with van der Waals surface area (Å²) in [5.41, 5.74) is 6.08. The highest BCUT2D eigenvalue weighted by atomic mass is 16.6. The highest BCUT2D eigenvalue weighted by Gasteiger charge is 2.45. The number of likely N-dealkylation sites (tertiary alicyclic amines) is 1. The van der Waals surface area contributed by atoms with E-state index in [0.29, 0.717) is 0 Å². The number of fused-ring (bicyclic) bond motifs is 4. The summed E-state index contributed by atoms with van der Waals surface area (Å²) in [5.74, 6) is -1.82. The van der Waals surface area contributed by atoms with E-state index in [1.165, 1.54) is 5.56 Å². The van der Waals surface area contributed by atoms with Gasteiger partial charge in [0.25, 0.3) is 0 Å². The number of ether oxygens (including phenoxy) is 2. The standard InChI is InChI=1S/C47H59N5O7/c1-29(48-26-41(53)59-47(2,3)4)43(54)51-42(31-16-6-5-7-17-31)45(56)52-27-32(25-40(52)44(55)50-39-24-14-18-30-15-8-9-19-33(30)39)49-46(57)58-28-38-36-22-12-10-20-34(36)35-21-11-13-23-37(35)38/h8-13,15,19-23,29,31-32,38-40,42,48H,5-7,14,16-18,24-28H2,1-4H3,(H,49,57)(H,50,55)(H,51,54)/t29-,32-,39+,40-,42-/m0/s1. The monoisotopic (exact) mass is 805 g/mol. The number of alkyl carbamates (subject to hydrolysis) is 1. The van der Waals surface area contributed by atoms with Crippen molar-refractivity contribution in [1.82, 2.24) is 26.2 Å². The molecule has 3 aromatic rings. The first-order chi connectivity index (χ1) is 28.4. The second kappa shape index (κ2) is 18.4. The van der Waals surface area contributed by atoms with Crippen molar-refractivity contribution < 1.29 is 33.4 Å². The summed E-state index contributed by atoms with van der Waals surface area (Å²) >= 11 is 0. The Morgan fingerprint density at radius 2 is 1.44 bits per heavy atom. The van der Waals surface area contributed by atoms with Gasteiger partial charge in [-0.1, -0.05) is 92.1 Å². The number of hydrogen-bond acceptors (Lipinski definition) is 8. The van der Waals surface area contributed by atoms with Crippen molar-refractivity contribution in [2.24, 2.45) is 5.92 Å². The fourth-order valence-corrected chi connectivity index (χ4v) is 9.42. The summed E-state index contributed by atoms with van der Waals surface area (Å²) in [6.07, 6.45) is 6.62. The molecule has 1 aliphatic heterocycles. The van der Waals surface area contributed by atoms with Crippen LogP contribution in [0.2, 0.25) is 0 Å². The van der Waals surface area contributed by atoms with Crippen LogP contribution in [-0.4, -0.2) is 84.1 Å². The highest BCUT2D eigenvalue weighted by molar-refractivity contribution is 5.94. The summed E-state index contributed by atoms with van der Waals surface area (Å²) in [6.45, 7) is 7.02. The van der Waals surface area contributed by atoms with Crippen LogP contribution in [0.3, 0.4) is 0 Å². The second-order valence-electron chi connectivity index (χ2n) is 17.6. The molecule has 4 aliphatic rings. The molecule has 59 heavy (non-hydrogen) atoms. The molecule has 12 nitrogen and oxygen atoms in total. The summed E-state index contributed by atoms with van der Waals surface area (Å²) in [7, 11) is 0. The van der Waals surface area contributed by atoms with E-state index >= 15 is 0 Å². The van der Waals surface area contributed by atoms with E-state index in [0.717, 1.165) is 79.2 Å². The average molecular weight is 806 g/mol. The molecule has 1 saturated heterocycles. The Bertz CT molecular complexity index is 1980. The van der Waals surface area contributed by atoms with Crippen molar-refractivity contribution in [2.45, 2.75) is 127 Å². The van der Waals surface area contributed by atoms with Crippen molar-refractivity contribution in [3.63, 3.8) is 0 Å². The van der Waals surface area contributed by atoms with Crippen LogP contribution in [0.25, 0.3) is 11.1 Å². The van der Waals surface area contributed by atoms with Crippen molar-refractivity contribution in [2.75, 3.05) is 19.7 Å². The largest absolute Gasteiger partial charge is 0.459 e. The maximum absolute atomic E-state index is 14.9. The predicted molar refractivity (Wildman–Crippen MR) is 224 cm³/mol. The first kappa shape index (κ1) is 41.9. The van der Waals surface area contributed by atoms with E-state index < -0.39 is 47.7 Å². The molecule has 7 rings (SSSR count). The molecule has 1 heterocycles. The number of esters is 1. The number of aryl methyl sites for hydroxylation is 1. The third kappa shape index (κ3) is 9.98. The molecule has 0 bridgehead atoms. The lowest BCUT2D eigenvalue weighted by molar-refractivity contribution is -0.153. The number of nitrogens with one attached hydrogen (secondary N) is 4. The van der Waals surface area contributed by atoms with E-state index in [-0.39, 0.29) is 55.8 Å². The van der Waals surface area contributed by atoms with Gasteiger partial charge in [-0.2, -0.15) is 0 Å². The van der Waals surface area contributed by atoms with Crippen molar-refractivity contribution in [3.05, 3.63) is 95.1 Å². The quantitative estimate of drug-likeness (QED) is 0.161. The van der Waals surface area contributed by atoms with Gasteiger partial charge < -0.3 is 30.3 Å². The molecule has 12 heteroatoms. The Balaban J connectivity index is 1.07. The number of hydrogen-bond donors (Lipinski definition) is 4. The van der Waals surface area contributed by atoms with E-state index in [2.05, 4.69) is 51.6 Å². The molecule has 5 atom stereocenters. The second-order valence-corrected chi connectivity index (χ2v) is 17.6. The number of carbonyl (C=O) groups is 5. The minimum absolute atomic E-state index is 0.0773. The minimum atomic E-state index is -0.896. The average Bonchev–Trinajstić information content (AvgIpc) is 3.79. The van der Waals surface area contributed by atoms with Gasteiger partial charge >= 0.3 is 12.1 Å². The maximum Gasteiger partial charge on any atom is 0.407 e. The van der Waals surface area contributed by atoms with Crippen LogP contribution in [-0.2, 0) is 35.1 Å². The normalized spacial score (nSPS) is 21.3. The third-order valence-electron chi connectivity index (χ3n) is 12.3. The fourth-order valence-electron chi connectivity index (χ4n) is 9.42. The van der Waals surface area contributed by atoms with Crippen LogP contribution in [0.15, 0.2) is 72.8 Å². The number of rotatable bonds is 12. The lowest BCUT2D eigenvalue weighted by Gasteiger charge is -2.35. The van der Waals surface area contributed by atoms with Gasteiger partial charge in [0, 0.05) is 12.5 Å².